The topological polar surface area (TPSA) is 141 Å². The molecule has 0 saturated carbocycles. The average molecular weight is 1330 g/mol. The molecule has 11 aromatic rings. The van der Waals surface area contributed by atoms with Crippen LogP contribution >= 0.6 is 0 Å². The van der Waals surface area contributed by atoms with E-state index in [-0.39, 0.29) is 0 Å². The minimum Gasteiger partial charge on any atom is -0.427 e. The van der Waals surface area contributed by atoms with E-state index in [1.165, 1.54) is 6.92 Å². The van der Waals surface area contributed by atoms with E-state index in [0.717, 1.165) is 120 Å². The Kier molecular flexibility index (Phi) is 22.5. The molecule has 0 aliphatic carbocycles. The van der Waals surface area contributed by atoms with Crippen molar-refractivity contribution < 1.29 is 47.7 Å². The summed E-state index contributed by atoms with van der Waals surface area (Å²) in [4.78, 5) is 65.5. The molecular formula is C88H67N3O10. The van der Waals surface area contributed by atoms with E-state index in [1.54, 1.807) is 60.7 Å². The molecule has 0 bridgehead atoms. The molecule has 0 fully saturated rings. The van der Waals surface area contributed by atoms with Crippen molar-refractivity contribution in [2.75, 3.05) is 14.7 Å². The number of carbonyl (C=O) groups is 5. The van der Waals surface area contributed by atoms with Crippen molar-refractivity contribution in [3.63, 3.8) is 0 Å². The fraction of sp³-hybridized carbons (Fsp3) is 0.0114. The molecule has 101 heavy (non-hydrogen) atoms. The Morgan fingerprint density at radius 2 is 0.347 bits per heavy atom. The molecule has 0 radical (unpaired) electrons. The van der Waals surface area contributed by atoms with E-state index in [1.807, 2.05) is 119 Å². The lowest BCUT2D eigenvalue weighted by Gasteiger charge is -2.26. The van der Waals surface area contributed by atoms with E-state index >= 15 is 0 Å². The summed E-state index contributed by atoms with van der Waals surface area (Å²) in [6.07, 6.45) is 21.1. The van der Waals surface area contributed by atoms with Crippen molar-refractivity contribution in [2.24, 2.45) is 0 Å². The van der Waals surface area contributed by atoms with Crippen molar-refractivity contribution in [3.05, 3.63) is 362 Å². The maximum absolute atomic E-state index is 12.1. The first-order chi connectivity index (χ1) is 49.2. The highest BCUT2D eigenvalue weighted by molar-refractivity contribution is 5.88. The Morgan fingerprint density at radius 3 is 0.485 bits per heavy atom. The summed E-state index contributed by atoms with van der Waals surface area (Å²) in [6, 6.07) is 85.6. The number of carbonyl (C=O) groups excluding carboxylic acids is 5. The van der Waals surface area contributed by atoms with E-state index in [2.05, 4.69) is 177 Å². The number of hydrogen-bond acceptors (Lipinski definition) is 13. The van der Waals surface area contributed by atoms with E-state index < -0.39 is 29.8 Å². The van der Waals surface area contributed by atoms with Crippen LogP contribution in [0.1, 0.15) is 51.4 Å². The molecule has 494 valence electrons. The molecule has 0 aliphatic rings. The van der Waals surface area contributed by atoms with E-state index in [4.69, 9.17) is 23.7 Å². The second-order valence-electron chi connectivity index (χ2n) is 22.6. The number of nitrogens with zero attached hydrogens (tertiary/aromatic N) is 3. The Hall–Kier alpha value is -13.9. The fourth-order valence-corrected chi connectivity index (χ4v) is 10.6. The van der Waals surface area contributed by atoms with Crippen LogP contribution in [-0.4, -0.2) is 29.8 Å². The molecule has 0 heterocycles. The lowest BCUT2D eigenvalue weighted by Crippen LogP contribution is -2.10. The number of rotatable bonds is 26. The van der Waals surface area contributed by atoms with Gasteiger partial charge in [0.2, 0.25) is 0 Å². The summed E-state index contributed by atoms with van der Waals surface area (Å²) in [6.45, 7) is 15.3. The first kappa shape index (κ1) is 68.5. The molecule has 0 atom stereocenters. The van der Waals surface area contributed by atoms with Crippen LogP contribution in [-0.2, 0) is 24.0 Å². The highest BCUT2D eigenvalue weighted by Crippen LogP contribution is 2.40. The summed E-state index contributed by atoms with van der Waals surface area (Å²) in [5.41, 5.74) is 15.9. The summed E-state index contributed by atoms with van der Waals surface area (Å²) in [5.74, 6) is -0.576. The second kappa shape index (κ2) is 33.2. The number of esters is 5. The Bertz CT molecular complexity index is 4820. The van der Waals surface area contributed by atoms with E-state index in [9.17, 15) is 24.0 Å². The van der Waals surface area contributed by atoms with Gasteiger partial charge in [0, 0.05) is 82.4 Å². The van der Waals surface area contributed by atoms with Crippen LogP contribution in [0.2, 0.25) is 0 Å². The van der Waals surface area contributed by atoms with Gasteiger partial charge in [-0.2, -0.15) is 0 Å². The molecule has 11 rings (SSSR count). The summed E-state index contributed by atoms with van der Waals surface area (Å²) in [7, 11) is 0. The molecule has 0 aliphatic heterocycles. The third-order valence-electron chi connectivity index (χ3n) is 15.6. The standard InChI is InChI=1S/C88H67N3O10/c1-6-85(93)98-81-54-44-76(45-55-81)89(71-34-26-67(27-35-71)22-18-63-10-14-65(15-11-63)20-24-69-30-38-73(39-31-69)90(75-42-52-80(53-43-75)97-62(5)92)77-46-56-82(57-47-77)99-86(94)7-2)72-36-28-68(29-37-72)23-19-64-12-16-66(17-13-64)21-25-70-32-40-74(41-33-70)91(78-48-58-83(59-49-78)100-87(95)8-3)79-50-60-84(61-51-79)101-88(96)9-4/h6-61H,1-4H2,5H3. The van der Waals surface area contributed by atoms with Crippen LogP contribution in [0.3, 0.4) is 0 Å². The maximum Gasteiger partial charge on any atom is 0.335 e. The lowest BCUT2D eigenvalue weighted by atomic mass is 10.1. The molecule has 0 spiro atoms. The largest absolute Gasteiger partial charge is 0.427 e. The zero-order valence-corrected chi connectivity index (χ0v) is 55.1. The summed E-state index contributed by atoms with van der Waals surface area (Å²) >= 11 is 0. The smallest absolute Gasteiger partial charge is 0.335 e. The number of hydrogen-bond donors (Lipinski definition) is 0. The first-order valence-corrected chi connectivity index (χ1v) is 32.0. The molecule has 13 heteroatoms. The van der Waals surface area contributed by atoms with Gasteiger partial charge in [-0.1, -0.05) is 172 Å². The quantitative estimate of drug-likeness (QED) is 0.0220. The molecule has 0 amide bonds. The molecule has 0 N–H and O–H groups in total. The van der Waals surface area contributed by atoms with E-state index in [0.29, 0.717) is 28.7 Å². The Morgan fingerprint density at radius 1 is 0.218 bits per heavy atom. The SMILES string of the molecule is C=CC(=O)Oc1ccc(N(c2ccc(C=Cc3ccc(C=Cc4ccc(N(c5ccc(OC(C)=O)cc5)c5ccc(OC(=O)C=C)cc5)cc4)cc3)cc2)c2ccc(C=Cc3ccc(C=Cc4ccc(N(c5ccc(OC(=O)C=C)cc5)c5ccc(OC(=O)C=C)cc5)cc4)cc3)cc2)cc1. The van der Waals surface area contributed by atoms with Gasteiger partial charge in [0.15, 0.2) is 0 Å². The third kappa shape index (κ3) is 18.8. The van der Waals surface area contributed by atoms with Gasteiger partial charge in [0.05, 0.1) is 0 Å². The summed E-state index contributed by atoms with van der Waals surface area (Å²) in [5, 5.41) is 0. The number of anilines is 9. The van der Waals surface area contributed by atoms with Gasteiger partial charge in [-0.15, -0.1) is 0 Å². The molecule has 0 unspecified atom stereocenters. The van der Waals surface area contributed by atoms with Crippen molar-refractivity contribution in [1.29, 1.82) is 0 Å². The van der Waals surface area contributed by atoms with Gasteiger partial charge in [-0.05, 0) is 214 Å². The predicted octanol–water partition coefficient (Wildman–Crippen LogP) is 21.1. The highest BCUT2D eigenvalue weighted by Gasteiger charge is 2.18. The maximum atomic E-state index is 12.1. The number of ether oxygens (including phenoxy) is 5. The van der Waals surface area contributed by atoms with Gasteiger partial charge < -0.3 is 38.4 Å². The van der Waals surface area contributed by atoms with Gasteiger partial charge >= 0.3 is 29.8 Å². The summed E-state index contributed by atoms with van der Waals surface area (Å²) < 4.78 is 26.6. The fourth-order valence-electron chi connectivity index (χ4n) is 10.6. The second-order valence-corrected chi connectivity index (χ2v) is 22.6. The Labute approximate surface area is 586 Å². The van der Waals surface area contributed by atoms with Crippen LogP contribution in [0.4, 0.5) is 51.2 Å². The average Bonchev–Trinajstić information content (AvgIpc) is 0.825. The minimum absolute atomic E-state index is 0.384. The predicted molar refractivity (Wildman–Crippen MR) is 407 cm³/mol. The van der Waals surface area contributed by atoms with Crippen LogP contribution in [0, 0.1) is 0 Å². The highest BCUT2D eigenvalue weighted by atomic mass is 16.5. The zero-order chi connectivity index (χ0) is 70.5. The number of benzene rings is 11. The van der Waals surface area contributed by atoms with Crippen LogP contribution in [0.25, 0.3) is 48.6 Å². The van der Waals surface area contributed by atoms with Crippen LogP contribution in [0.5, 0.6) is 28.7 Å². The van der Waals surface area contributed by atoms with Gasteiger partial charge in [-0.3, -0.25) is 4.79 Å². The molecule has 0 aromatic heterocycles. The third-order valence-corrected chi connectivity index (χ3v) is 15.6. The molecule has 11 aromatic carbocycles. The lowest BCUT2D eigenvalue weighted by molar-refractivity contribution is -0.132. The Balaban J connectivity index is 0.729. The zero-order valence-electron chi connectivity index (χ0n) is 55.1. The van der Waals surface area contributed by atoms with Crippen molar-refractivity contribution >= 4 is 130 Å². The van der Waals surface area contributed by atoms with Gasteiger partial charge in [0.25, 0.3) is 0 Å². The normalized spacial score (nSPS) is 11.0. The van der Waals surface area contributed by atoms with Crippen molar-refractivity contribution in [2.45, 2.75) is 6.92 Å². The molecule has 13 nitrogen and oxygen atoms in total. The van der Waals surface area contributed by atoms with Crippen LogP contribution in [0.15, 0.2) is 318 Å². The van der Waals surface area contributed by atoms with Crippen LogP contribution < -0.4 is 38.4 Å². The van der Waals surface area contributed by atoms with Crippen molar-refractivity contribution in [3.8, 4) is 28.7 Å². The first-order valence-electron chi connectivity index (χ1n) is 32.0. The van der Waals surface area contributed by atoms with Gasteiger partial charge in [0.1, 0.15) is 28.7 Å². The molecular weight excluding hydrogens is 1260 g/mol. The molecule has 0 saturated heterocycles. The minimum atomic E-state index is -0.550. The van der Waals surface area contributed by atoms with Crippen molar-refractivity contribution in [1.82, 2.24) is 0 Å². The monoisotopic (exact) mass is 1330 g/mol. The van der Waals surface area contributed by atoms with Gasteiger partial charge in [-0.25, -0.2) is 19.2 Å².